The highest BCUT2D eigenvalue weighted by Crippen LogP contribution is 2.24. The number of carbonyl (C=O) groups is 2. The second kappa shape index (κ2) is 7.71. The zero-order chi connectivity index (χ0) is 18.6. The summed E-state index contributed by atoms with van der Waals surface area (Å²) in [5.41, 5.74) is 1.14. The number of aromatic nitrogens is 2. The van der Waals surface area contributed by atoms with Crippen LogP contribution in [0, 0.1) is 5.92 Å². The number of furan rings is 1. The van der Waals surface area contributed by atoms with Gasteiger partial charge in [0.1, 0.15) is 10.8 Å². The first kappa shape index (κ1) is 17.4. The molecule has 3 aromatic rings. The zero-order valence-corrected chi connectivity index (χ0v) is 15.3. The minimum atomic E-state index is -0.395. The summed E-state index contributed by atoms with van der Waals surface area (Å²) in [4.78, 5) is 26.3. The topological polar surface area (TPSA) is 88.3 Å². The lowest BCUT2D eigenvalue weighted by atomic mass is 10.1. The van der Waals surface area contributed by atoms with E-state index in [0.717, 1.165) is 10.6 Å². The molecule has 8 heteroatoms. The van der Waals surface area contributed by atoms with Crippen molar-refractivity contribution in [1.82, 2.24) is 15.1 Å². The van der Waals surface area contributed by atoms with Crippen LogP contribution in [0.15, 0.2) is 53.1 Å². The van der Waals surface area contributed by atoms with Crippen LogP contribution in [0.1, 0.15) is 22.8 Å². The largest absolute Gasteiger partial charge is 0.467 e. The van der Waals surface area contributed by atoms with Crippen LogP contribution < -0.4 is 5.32 Å². The number of carbonyl (C=O) groups excluding carboxylic acids is 2. The smallest absolute Gasteiger partial charge is 0.231 e. The average molecular weight is 382 g/mol. The number of nitrogens with one attached hydrogen (secondary N) is 1. The Balaban J connectivity index is 1.33. The van der Waals surface area contributed by atoms with Crippen LogP contribution in [0.25, 0.3) is 0 Å². The zero-order valence-electron chi connectivity index (χ0n) is 14.5. The van der Waals surface area contributed by atoms with Gasteiger partial charge in [-0.05, 0) is 17.7 Å². The van der Waals surface area contributed by atoms with Gasteiger partial charge in [-0.2, -0.15) is 0 Å². The van der Waals surface area contributed by atoms with Gasteiger partial charge in [0.05, 0.1) is 18.7 Å². The highest BCUT2D eigenvalue weighted by Gasteiger charge is 2.35. The summed E-state index contributed by atoms with van der Waals surface area (Å²) in [6.45, 7) is 0.761. The molecule has 0 spiro atoms. The van der Waals surface area contributed by atoms with Crippen molar-refractivity contribution in [2.45, 2.75) is 19.4 Å². The van der Waals surface area contributed by atoms with Crippen molar-refractivity contribution in [1.29, 1.82) is 0 Å². The quantitative estimate of drug-likeness (QED) is 0.708. The van der Waals surface area contributed by atoms with Crippen molar-refractivity contribution in [3.05, 3.63) is 65.1 Å². The van der Waals surface area contributed by atoms with E-state index in [1.807, 2.05) is 36.4 Å². The van der Waals surface area contributed by atoms with Crippen molar-refractivity contribution < 1.29 is 14.0 Å². The maximum Gasteiger partial charge on any atom is 0.231 e. The van der Waals surface area contributed by atoms with E-state index in [-0.39, 0.29) is 18.2 Å². The molecule has 1 saturated heterocycles. The van der Waals surface area contributed by atoms with Crippen LogP contribution >= 0.6 is 11.3 Å². The molecule has 7 nitrogen and oxygen atoms in total. The summed E-state index contributed by atoms with van der Waals surface area (Å²) in [6.07, 6.45) is 2.44. The lowest BCUT2D eigenvalue weighted by Gasteiger charge is -2.14. The predicted octanol–water partition coefficient (Wildman–Crippen LogP) is 2.71. The third kappa shape index (κ3) is 4.22. The number of anilines is 1. The normalized spacial score (nSPS) is 16.7. The van der Waals surface area contributed by atoms with Crippen molar-refractivity contribution in [3.63, 3.8) is 0 Å². The van der Waals surface area contributed by atoms with Gasteiger partial charge in [0.25, 0.3) is 0 Å². The Labute approximate surface area is 160 Å². The van der Waals surface area contributed by atoms with Gasteiger partial charge in [-0.3, -0.25) is 9.59 Å². The molecule has 0 saturated carbocycles. The molecule has 2 amide bonds. The minimum Gasteiger partial charge on any atom is -0.467 e. The maximum absolute atomic E-state index is 12.5. The molecule has 2 aromatic heterocycles. The van der Waals surface area contributed by atoms with E-state index in [2.05, 4.69) is 15.5 Å². The fraction of sp³-hybridized carbons (Fsp3) is 0.263. The Morgan fingerprint density at radius 1 is 1.22 bits per heavy atom. The standard InChI is InChI=1S/C19H18N4O3S/c24-17-10-14(11-23(17)12-15-7-4-8-26-15)18(25)20-19-22-21-16(27-19)9-13-5-2-1-3-6-13/h1-8,14H,9-12H2,(H,20,22,25). The summed E-state index contributed by atoms with van der Waals surface area (Å²) in [5, 5.41) is 12.3. The minimum absolute atomic E-state index is 0.0476. The van der Waals surface area contributed by atoms with Gasteiger partial charge in [0.2, 0.25) is 16.9 Å². The molecule has 1 N–H and O–H groups in total. The molecule has 0 radical (unpaired) electrons. The van der Waals surface area contributed by atoms with Gasteiger partial charge in [0, 0.05) is 19.4 Å². The molecule has 1 aliphatic rings. The van der Waals surface area contributed by atoms with E-state index in [1.165, 1.54) is 11.3 Å². The third-order valence-corrected chi connectivity index (χ3v) is 5.25. The summed E-state index contributed by atoms with van der Waals surface area (Å²) < 4.78 is 5.28. The van der Waals surface area contributed by atoms with Gasteiger partial charge >= 0.3 is 0 Å². The highest BCUT2D eigenvalue weighted by atomic mass is 32.1. The predicted molar refractivity (Wildman–Crippen MR) is 100 cm³/mol. The highest BCUT2D eigenvalue weighted by molar-refractivity contribution is 7.15. The molecule has 1 aliphatic heterocycles. The first-order chi connectivity index (χ1) is 13.2. The number of benzene rings is 1. The number of amides is 2. The van der Waals surface area contributed by atoms with Gasteiger partial charge in [-0.25, -0.2) is 0 Å². The molecule has 3 heterocycles. The first-order valence-corrected chi connectivity index (χ1v) is 9.46. The van der Waals surface area contributed by atoms with E-state index in [1.54, 1.807) is 17.2 Å². The molecule has 0 aliphatic carbocycles. The molecule has 1 unspecified atom stereocenters. The van der Waals surface area contributed by atoms with Crippen LogP contribution in [0.4, 0.5) is 5.13 Å². The van der Waals surface area contributed by atoms with Crippen LogP contribution in [0.2, 0.25) is 0 Å². The van der Waals surface area contributed by atoms with Gasteiger partial charge in [-0.15, -0.1) is 10.2 Å². The molecule has 1 atom stereocenters. The molecule has 138 valence electrons. The fourth-order valence-corrected chi connectivity index (χ4v) is 3.82. The average Bonchev–Trinajstić information content (AvgIpc) is 3.40. The first-order valence-electron chi connectivity index (χ1n) is 8.65. The lowest BCUT2D eigenvalue weighted by molar-refractivity contribution is -0.128. The Kier molecular flexibility index (Phi) is 4.97. The fourth-order valence-electron chi connectivity index (χ4n) is 3.04. The van der Waals surface area contributed by atoms with Gasteiger partial charge in [0.15, 0.2) is 0 Å². The Morgan fingerprint density at radius 2 is 2.07 bits per heavy atom. The SMILES string of the molecule is O=C(Nc1nnc(Cc2ccccc2)s1)C1CC(=O)N(Cc2ccco2)C1. The van der Waals surface area contributed by atoms with Crippen LogP contribution in [0.3, 0.4) is 0 Å². The molecule has 0 bridgehead atoms. The van der Waals surface area contributed by atoms with Crippen LogP contribution in [-0.4, -0.2) is 33.5 Å². The molecule has 1 fully saturated rings. The molecular weight excluding hydrogens is 364 g/mol. The Morgan fingerprint density at radius 3 is 2.85 bits per heavy atom. The number of likely N-dealkylation sites (tertiary alicyclic amines) is 1. The number of nitrogens with zero attached hydrogens (tertiary/aromatic N) is 3. The summed E-state index contributed by atoms with van der Waals surface area (Å²) in [6, 6.07) is 13.6. The molecule has 27 heavy (non-hydrogen) atoms. The van der Waals surface area contributed by atoms with Crippen molar-refractivity contribution in [3.8, 4) is 0 Å². The van der Waals surface area contributed by atoms with Crippen molar-refractivity contribution in [2.75, 3.05) is 11.9 Å². The third-order valence-electron chi connectivity index (χ3n) is 4.41. The summed E-state index contributed by atoms with van der Waals surface area (Å²) >= 11 is 1.35. The van der Waals surface area contributed by atoms with Crippen molar-refractivity contribution in [2.24, 2.45) is 5.92 Å². The van der Waals surface area contributed by atoms with E-state index in [0.29, 0.717) is 30.4 Å². The second-order valence-corrected chi connectivity index (χ2v) is 7.47. The maximum atomic E-state index is 12.5. The Hall–Kier alpha value is -3.00. The van der Waals surface area contributed by atoms with Crippen molar-refractivity contribution >= 4 is 28.3 Å². The van der Waals surface area contributed by atoms with E-state index >= 15 is 0 Å². The second-order valence-electron chi connectivity index (χ2n) is 6.41. The molecule has 4 rings (SSSR count). The van der Waals surface area contributed by atoms with E-state index in [9.17, 15) is 9.59 Å². The molecule has 1 aromatic carbocycles. The van der Waals surface area contributed by atoms with Gasteiger partial charge in [-0.1, -0.05) is 41.7 Å². The van der Waals surface area contributed by atoms with Crippen LogP contribution in [0.5, 0.6) is 0 Å². The summed E-state index contributed by atoms with van der Waals surface area (Å²) in [7, 11) is 0. The summed E-state index contributed by atoms with van der Waals surface area (Å²) in [5.74, 6) is 0.0642. The molecular formula is C19H18N4O3S. The number of hydrogen-bond acceptors (Lipinski definition) is 6. The number of rotatable bonds is 6. The van der Waals surface area contributed by atoms with E-state index in [4.69, 9.17) is 4.42 Å². The Bertz CT molecular complexity index is 924. The van der Waals surface area contributed by atoms with Gasteiger partial charge < -0.3 is 14.6 Å². The lowest BCUT2D eigenvalue weighted by Crippen LogP contribution is -2.27. The van der Waals surface area contributed by atoms with Crippen LogP contribution in [-0.2, 0) is 22.6 Å². The monoisotopic (exact) mass is 382 g/mol. The number of hydrogen-bond donors (Lipinski definition) is 1. The van der Waals surface area contributed by atoms with E-state index < -0.39 is 5.92 Å².